The second-order valence-electron chi connectivity index (χ2n) is 14.6. The summed E-state index contributed by atoms with van der Waals surface area (Å²) in [4.78, 5) is 17.2. The van der Waals surface area contributed by atoms with Gasteiger partial charge in [0.1, 0.15) is 0 Å². The standard InChI is InChI=1S/C34H37F3N8O4S3/c35-28-24(5-2-6-26(28)43-52(48,49)44-15-19-3-1-4-23(31(36)37)25(19)16-44)29-30(50-33(42-29)45-21-7-8-22(45)14-38-13-21)27-9-10-39-32(41-27)40-20-11-34(12-20)17-51(46,47)18-34/h1-6,9-10,20-22,31,38,43,46-47H,7-8,11-18H2,(H,39,40,41). The second kappa shape index (κ2) is 12.5. The summed E-state index contributed by atoms with van der Waals surface area (Å²) in [5.74, 6) is 0.448. The van der Waals surface area contributed by atoms with Crippen molar-refractivity contribution < 1.29 is 30.7 Å². The maximum absolute atomic E-state index is 16.6. The molecule has 2 unspecified atom stereocenters. The lowest BCUT2D eigenvalue weighted by molar-refractivity contribution is 0.140. The first kappa shape index (κ1) is 34.3. The fraction of sp³-hybridized carbons (Fsp3) is 0.441. The van der Waals surface area contributed by atoms with Crippen molar-refractivity contribution in [2.24, 2.45) is 5.41 Å². The fourth-order valence-electron chi connectivity index (χ4n) is 8.65. The first-order chi connectivity index (χ1) is 24.9. The minimum Gasteiger partial charge on any atom is -0.351 e. The highest BCUT2D eigenvalue weighted by Gasteiger charge is 2.56. The van der Waals surface area contributed by atoms with Gasteiger partial charge in [0.15, 0.2) is 10.9 Å². The van der Waals surface area contributed by atoms with Gasteiger partial charge in [-0.3, -0.25) is 13.8 Å². The highest BCUT2D eigenvalue weighted by molar-refractivity contribution is 8.25. The molecule has 4 aromatic rings. The number of aromatic nitrogens is 3. The monoisotopic (exact) mass is 774 g/mol. The maximum Gasteiger partial charge on any atom is 0.302 e. The van der Waals surface area contributed by atoms with Crippen LogP contribution in [0.15, 0.2) is 48.7 Å². The number of benzene rings is 2. The van der Waals surface area contributed by atoms with Crippen LogP contribution in [-0.4, -0.2) is 79.5 Å². The van der Waals surface area contributed by atoms with Gasteiger partial charge in [0, 0.05) is 78.5 Å². The summed E-state index contributed by atoms with van der Waals surface area (Å²) in [6, 6.07) is 11.1. The van der Waals surface area contributed by atoms with E-state index in [1.165, 1.54) is 29.5 Å². The lowest BCUT2D eigenvalue weighted by Gasteiger charge is -2.63. The molecule has 4 aliphatic heterocycles. The van der Waals surface area contributed by atoms with Crippen molar-refractivity contribution in [2.75, 3.05) is 39.5 Å². The van der Waals surface area contributed by atoms with E-state index in [2.05, 4.69) is 25.2 Å². The van der Waals surface area contributed by atoms with E-state index < -0.39 is 33.0 Å². The van der Waals surface area contributed by atoms with Crippen molar-refractivity contribution >= 4 is 48.9 Å². The Bertz CT molecular complexity index is 2140. The molecule has 6 heterocycles. The van der Waals surface area contributed by atoms with E-state index in [-0.39, 0.29) is 59.0 Å². The fourth-order valence-corrected chi connectivity index (χ4v) is 13.4. The first-order valence-electron chi connectivity index (χ1n) is 17.2. The lowest BCUT2D eigenvalue weighted by Crippen LogP contribution is -2.57. The van der Waals surface area contributed by atoms with Gasteiger partial charge in [0.25, 0.3) is 6.43 Å². The third-order valence-corrected chi connectivity index (χ3v) is 15.6. The third kappa shape index (κ3) is 6.01. The predicted molar refractivity (Wildman–Crippen MR) is 196 cm³/mol. The van der Waals surface area contributed by atoms with Crippen molar-refractivity contribution in [2.45, 2.75) is 63.3 Å². The quantitative estimate of drug-likeness (QED) is 0.131. The summed E-state index contributed by atoms with van der Waals surface area (Å²) in [5, 5.41) is 7.58. The van der Waals surface area contributed by atoms with Crippen LogP contribution in [0, 0.1) is 11.2 Å². The summed E-state index contributed by atoms with van der Waals surface area (Å²) in [7, 11) is -6.78. The molecule has 2 aromatic heterocycles. The number of fused-ring (bicyclic) bond motifs is 3. The number of hydrogen-bond donors (Lipinski definition) is 5. The summed E-state index contributed by atoms with van der Waals surface area (Å²) < 4.78 is 94.3. The molecule has 1 spiro atoms. The van der Waals surface area contributed by atoms with Crippen LogP contribution in [0.2, 0.25) is 0 Å². The van der Waals surface area contributed by atoms with E-state index >= 15 is 4.39 Å². The van der Waals surface area contributed by atoms with Gasteiger partial charge in [0.2, 0.25) is 5.95 Å². The Hall–Kier alpha value is -3.52. The van der Waals surface area contributed by atoms with Gasteiger partial charge in [0.05, 0.1) is 22.0 Å². The van der Waals surface area contributed by atoms with Gasteiger partial charge in [-0.15, -0.1) is 0 Å². The molecule has 9 rings (SSSR count). The van der Waals surface area contributed by atoms with Gasteiger partial charge < -0.3 is 15.5 Å². The Balaban J connectivity index is 1.02. The van der Waals surface area contributed by atoms with Crippen LogP contribution in [0.25, 0.3) is 21.8 Å². The van der Waals surface area contributed by atoms with Crippen molar-refractivity contribution in [1.82, 2.24) is 24.6 Å². The van der Waals surface area contributed by atoms with Crippen molar-refractivity contribution in [3.8, 4) is 21.8 Å². The molecule has 0 amide bonds. The number of nitrogens with one attached hydrogen (secondary N) is 3. The number of alkyl halides is 2. The van der Waals surface area contributed by atoms with Crippen molar-refractivity contribution in [3.05, 3.63) is 71.2 Å². The molecule has 52 heavy (non-hydrogen) atoms. The molecule has 5 aliphatic rings. The molecule has 276 valence electrons. The topological polar surface area (TPSA) is 156 Å². The number of anilines is 3. The highest BCUT2D eigenvalue weighted by Crippen LogP contribution is 2.66. The maximum atomic E-state index is 16.6. The number of piperazine rings is 1. The normalized spacial score (nSPS) is 24.1. The van der Waals surface area contributed by atoms with E-state index in [4.69, 9.17) is 9.97 Å². The molecule has 12 nitrogen and oxygen atoms in total. The van der Waals surface area contributed by atoms with E-state index in [0.29, 0.717) is 39.3 Å². The van der Waals surface area contributed by atoms with Crippen LogP contribution in [0.3, 0.4) is 0 Å². The Morgan fingerprint density at radius 3 is 2.50 bits per heavy atom. The highest BCUT2D eigenvalue weighted by atomic mass is 32.3. The Kier molecular flexibility index (Phi) is 8.26. The summed E-state index contributed by atoms with van der Waals surface area (Å²) in [5.41, 5.74) is 1.13. The van der Waals surface area contributed by atoms with Crippen LogP contribution < -0.4 is 20.3 Å². The van der Waals surface area contributed by atoms with Crippen LogP contribution in [-0.2, 0) is 23.3 Å². The Labute approximate surface area is 304 Å². The molecule has 2 bridgehead atoms. The van der Waals surface area contributed by atoms with E-state index in [0.717, 1.165) is 48.2 Å². The van der Waals surface area contributed by atoms with E-state index in [1.807, 2.05) is 0 Å². The van der Waals surface area contributed by atoms with Gasteiger partial charge in [-0.2, -0.15) is 23.3 Å². The SMILES string of the molecule is O=S(=O)(Nc1cccc(-c2nc(N3C4CCC3CNC4)sc2-c2ccnc(NC3CC4(C3)CS(O)(O)C4)n2)c1F)N1Cc2cccc(C(F)F)c2C1. The molecule has 1 saturated carbocycles. The van der Waals surface area contributed by atoms with E-state index in [1.54, 1.807) is 30.5 Å². The number of nitrogens with zero attached hydrogens (tertiary/aromatic N) is 5. The molecule has 2 atom stereocenters. The summed E-state index contributed by atoms with van der Waals surface area (Å²) in [6.45, 7) is 1.25. The molecule has 4 fully saturated rings. The average molecular weight is 775 g/mol. The zero-order valence-corrected chi connectivity index (χ0v) is 30.3. The summed E-state index contributed by atoms with van der Waals surface area (Å²) >= 11 is 1.41. The van der Waals surface area contributed by atoms with Gasteiger partial charge >= 0.3 is 10.2 Å². The van der Waals surface area contributed by atoms with Crippen LogP contribution in [0.4, 0.5) is 29.9 Å². The van der Waals surface area contributed by atoms with Gasteiger partial charge in [-0.1, -0.05) is 35.6 Å². The van der Waals surface area contributed by atoms with Crippen LogP contribution in [0.5, 0.6) is 0 Å². The Morgan fingerprint density at radius 2 is 1.77 bits per heavy atom. The predicted octanol–water partition coefficient (Wildman–Crippen LogP) is 6.28. The zero-order chi connectivity index (χ0) is 36.0. The minimum atomic E-state index is -4.34. The third-order valence-electron chi connectivity index (χ3n) is 10.9. The van der Waals surface area contributed by atoms with Gasteiger partial charge in [-0.05, 0) is 55.0 Å². The first-order valence-corrected chi connectivity index (χ1v) is 21.3. The number of hydrogen-bond acceptors (Lipinski definition) is 11. The smallest absolute Gasteiger partial charge is 0.302 e. The molecular weight excluding hydrogens is 738 g/mol. The molecule has 0 radical (unpaired) electrons. The Morgan fingerprint density at radius 1 is 1.02 bits per heavy atom. The number of halogens is 3. The second-order valence-corrected chi connectivity index (χ2v) is 19.4. The minimum absolute atomic E-state index is 0.0336. The summed E-state index contributed by atoms with van der Waals surface area (Å²) in [6.07, 6.45) is 2.48. The lowest BCUT2D eigenvalue weighted by atomic mass is 9.67. The van der Waals surface area contributed by atoms with Gasteiger partial charge in [-0.25, -0.2) is 28.1 Å². The number of thiazole rings is 1. The molecule has 3 saturated heterocycles. The average Bonchev–Trinajstić information content (AvgIpc) is 3.78. The molecule has 18 heteroatoms. The molecule has 2 aromatic carbocycles. The van der Waals surface area contributed by atoms with Crippen molar-refractivity contribution in [1.29, 1.82) is 0 Å². The van der Waals surface area contributed by atoms with Crippen LogP contribution >= 0.6 is 21.9 Å². The van der Waals surface area contributed by atoms with E-state index in [9.17, 15) is 26.3 Å². The molecule has 5 N–H and O–H groups in total. The van der Waals surface area contributed by atoms with Crippen LogP contribution in [0.1, 0.15) is 48.8 Å². The molecule has 1 aliphatic carbocycles. The molecular formula is C34H37F3N8O4S3. The van der Waals surface area contributed by atoms with Crippen molar-refractivity contribution in [3.63, 3.8) is 0 Å². The largest absolute Gasteiger partial charge is 0.351 e. The zero-order valence-electron chi connectivity index (χ0n) is 27.8. The number of rotatable bonds is 9.